The van der Waals surface area contributed by atoms with Gasteiger partial charge >= 0.3 is 0 Å². The lowest BCUT2D eigenvalue weighted by molar-refractivity contribution is -0.203. The highest BCUT2D eigenvalue weighted by molar-refractivity contribution is 5.53. The number of rotatable bonds is 5. The Hall–Kier alpha value is -1.72. The Bertz CT molecular complexity index is 1220. The molecule has 226 valence electrons. The van der Waals surface area contributed by atoms with Crippen LogP contribution in [0.5, 0.6) is 0 Å². The fraction of sp³-hybridized carbons (Fsp3) is 0.778. The van der Waals surface area contributed by atoms with Crippen LogP contribution < -0.4 is 0 Å². The Morgan fingerprint density at radius 3 is 2.29 bits per heavy atom. The second kappa shape index (κ2) is 10.5. The second-order valence-corrected chi connectivity index (χ2v) is 16.1. The van der Waals surface area contributed by atoms with Crippen LogP contribution in [0.3, 0.4) is 0 Å². The molecule has 2 aromatic rings. The highest BCUT2D eigenvalue weighted by atomic mass is 16.4. The lowest BCUT2D eigenvalue weighted by Gasteiger charge is -2.64. The molecule has 0 amide bonds. The molecule has 4 saturated carbocycles. The summed E-state index contributed by atoms with van der Waals surface area (Å²) < 4.78 is 6.22. The van der Waals surface area contributed by atoms with Crippen molar-refractivity contribution >= 4 is 0 Å². The zero-order chi connectivity index (χ0) is 29.3. The van der Waals surface area contributed by atoms with Crippen molar-refractivity contribution in [1.29, 1.82) is 0 Å². The molecule has 1 heterocycles. The first kappa shape index (κ1) is 29.4. The molecule has 4 aliphatic rings. The van der Waals surface area contributed by atoms with Gasteiger partial charge < -0.3 is 14.6 Å². The van der Waals surface area contributed by atoms with Gasteiger partial charge in [-0.3, -0.25) is 0 Å². The van der Waals surface area contributed by atoms with Crippen LogP contribution in [0.25, 0.3) is 11.5 Å². The quantitative estimate of drug-likeness (QED) is 0.388. The first-order valence-electron chi connectivity index (χ1n) is 16.7. The largest absolute Gasteiger partial charge is 0.421 e. The molecule has 5 heteroatoms. The van der Waals surface area contributed by atoms with Crippen LogP contribution in [0.4, 0.5) is 0 Å². The van der Waals surface area contributed by atoms with Crippen LogP contribution in [0.2, 0.25) is 0 Å². The van der Waals surface area contributed by atoms with Crippen LogP contribution in [0.15, 0.2) is 28.7 Å². The van der Waals surface area contributed by atoms with E-state index in [0.717, 1.165) is 43.6 Å². The molecular formula is C36H54N2O3. The van der Waals surface area contributed by atoms with E-state index in [1.165, 1.54) is 31.2 Å². The summed E-state index contributed by atoms with van der Waals surface area (Å²) in [5.41, 5.74) is 2.89. The van der Waals surface area contributed by atoms with Crippen molar-refractivity contribution in [2.24, 2.45) is 52.3 Å². The summed E-state index contributed by atoms with van der Waals surface area (Å²) in [6.07, 6.45) is 9.23. The van der Waals surface area contributed by atoms with E-state index in [1.54, 1.807) is 0 Å². The number of aliphatic hydroxyl groups excluding tert-OH is 2. The molecule has 1 aromatic heterocycles. The number of hydrogen-bond donors (Lipinski definition) is 2. The summed E-state index contributed by atoms with van der Waals surface area (Å²) in [7, 11) is 0. The molecule has 41 heavy (non-hydrogen) atoms. The fourth-order valence-electron chi connectivity index (χ4n) is 10.9. The van der Waals surface area contributed by atoms with E-state index in [2.05, 4.69) is 82.9 Å². The predicted octanol–water partition coefficient (Wildman–Crippen LogP) is 7.84. The van der Waals surface area contributed by atoms with E-state index in [9.17, 15) is 10.2 Å². The number of benzene rings is 1. The maximum atomic E-state index is 12.0. The monoisotopic (exact) mass is 562 g/mol. The normalized spacial score (nSPS) is 41.4. The summed E-state index contributed by atoms with van der Waals surface area (Å²) in [6, 6.07) is 8.52. The molecule has 6 rings (SSSR count). The summed E-state index contributed by atoms with van der Waals surface area (Å²) in [5.74, 6) is 4.70. The molecule has 0 spiro atoms. The van der Waals surface area contributed by atoms with Gasteiger partial charge in [-0.2, -0.15) is 0 Å². The standard InChI is InChI=1S/C36H54N2O3/c1-8-25-29-20-24(39)15-17-36(29,7)28-16-18-35(6)26(13-14-27(35)31(28)32(25)40)21(2)19-30-37-38-33(41-30)22-9-11-23(12-10-22)34(3,4)5/h9-12,21,24-29,31-32,39-40H,8,13-20H2,1-7H3/t21-,24-,25-,26-,27+,28+,29+,31+,32-,35-,36-/m1/s1. The molecule has 4 fully saturated rings. The molecule has 0 aliphatic heterocycles. The fourth-order valence-corrected chi connectivity index (χ4v) is 10.9. The minimum Gasteiger partial charge on any atom is -0.421 e. The lowest BCUT2D eigenvalue weighted by atomic mass is 9.41. The minimum absolute atomic E-state index is 0.117. The molecule has 1 aromatic carbocycles. The zero-order valence-corrected chi connectivity index (χ0v) is 26.6. The van der Waals surface area contributed by atoms with Crippen molar-refractivity contribution < 1.29 is 14.6 Å². The van der Waals surface area contributed by atoms with Gasteiger partial charge in [0.2, 0.25) is 11.8 Å². The van der Waals surface area contributed by atoms with Gasteiger partial charge in [-0.25, -0.2) is 0 Å². The van der Waals surface area contributed by atoms with Crippen molar-refractivity contribution in [1.82, 2.24) is 10.2 Å². The van der Waals surface area contributed by atoms with Gasteiger partial charge in [0, 0.05) is 12.0 Å². The first-order valence-corrected chi connectivity index (χ1v) is 16.7. The van der Waals surface area contributed by atoms with Crippen LogP contribution >= 0.6 is 0 Å². The summed E-state index contributed by atoms with van der Waals surface area (Å²) >= 11 is 0. The molecule has 11 atom stereocenters. The van der Waals surface area contributed by atoms with E-state index in [-0.39, 0.29) is 28.5 Å². The van der Waals surface area contributed by atoms with E-state index in [1.807, 2.05) is 0 Å². The summed E-state index contributed by atoms with van der Waals surface area (Å²) in [4.78, 5) is 0. The molecule has 2 N–H and O–H groups in total. The average molecular weight is 563 g/mol. The molecule has 4 aliphatic carbocycles. The molecule has 0 unspecified atom stereocenters. The lowest BCUT2D eigenvalue weighted by Crippen LogP contribution is -2.62. The zero-order valence-electron chi connectivity index (χ0n) is 26.6. The highest BCUT2D eigenvalue weighted by Crippen LogP contribution is 2.69. The maximum Gasteiger partial charge on any atom is 0.247 e. The van der Waals surface area contributed by atoms with Crippen molar-refractivity contribution in [2.75, 3.05) is 0 Å². The Labute approximate surface area is 247 Å². The third-order valence-electron chi connectivity index (χ3n) is 13.1. The second-order valence-electron chi connectivity index (χ2n) is 16.1. The highest BCUT2D eigenvalue weighted by Gasteiger charge is 2.64. The van der Waals surface area contributed by atoms with Crippen molar-refractivity contribution in [3.05, 3.63) is 35.7 Å². The Morgan fingerprint density at radius 2 is 1.61 bits per heavy atom. The van der Waals surface area contributed by atoms with Crippen LogP contribution in [-0.2, 0) is 11.8 Å². The first-order chi connectivity index (χ1) is 19.4. The minimum atomic E-state index is -0.241. The molecule has 0 saturated heterocycles. The predicted molar refractivity (Wildman–Crippen MR) is 163 cm³/mol. The van der Waals surface area contributed by atoms with E-state index >= 15 is 0 Å². The van der Waals surface area contributed by atoms with Crippen LogP contribution in [-0.4, -0.2) is 32.6 Å². The SMILES string of the molecule is CC[C@H]1[C@@H](O)[C@@H]2[C@H](CC[C@]3(C)[C@@H]([C@H](C)Cc4nnc(-c5ccc(C(C)(C)C)cc5)o4)CC[C@@H]23)[C@@]2(C)CC[C@@H](O)C[C@@H]12. The van der Waals surface area contributed by atoms with E-state index < -0.39 is 0 Å². The molecular weight excluding hydrogens is 508 g/mol. The molecule has 0 bridgehead atoms. The Kier molecular flexibility index (Phi) is 7.50. The van der Waals surface area contributed by atoms with Crippen LogP contribution in [0, 0.1) is 52.3 Å². The van der Waals surface area contributed by atoms with Crippen molar-refractivity contribution in [2.45, 2.75) is 124 Å². The van der Waals surface area contributed by atoms with Gasteiger partial charge in [-0.05, 0) is 120 Å². The summed E-state index contributed by atoms with van der Waals surface area (Å²) in [5, 5.41) is 31.5. The van der Waals surface area contributed by atoms with Gasteiger partial charge in [0.05, 0.1) is 12.2 Å². The average Bonchev–Trinajstić information content (AvgIpc) is 3.53. The molecule has 5 nitrogen and oxygen atoms in total. The maximum absolute atomic E-state index is 12.0. The van der Waals surface area contributed by atoms with E-state index in [0.29, 0.717) is 47.3 Å². The van der Waals surface area contributed by atoms with E-state index in [4.69, 9.17) is 4.42 Å². The third kappa shape index (κ3) is 4.82. The number of aliphatic hydroxyl groups is 2. The number of nitrogens with zero attached hydrogens (tertiary/aromatic N) is 2. The van der Waals surface area contributed by atoms with Crippen molar-refractivity contribution in [3.63, 3.8) is 0 Å². The Balaban J connectivity index is 1.19. The number of hydrogen-bond acceptors (Lipinski definition) is 5. The van der Waals surface area contributed by atoms with Crippen LogP contribution in [0.1, 0.15) is 111 Å². The summed E-state index contributed by atoms with van der Waals surface area (Å²) in [6.45, 7) is 16.4. The van der Waals surface area contributed by atoms with Crippen molar-refractivity contribution in [3.8, 4) is 11.5 Å². The van der Waals surface area contributed by atoms with Gasteiger partial charge in [0.15, 0.2) is 0 Å². The third-order valence-corrected chi connectivity index (χ3v) is 13.1. The van der Waals surface area contributed by atoms with Gasteiger partial charge in [0.1, 0.15) is 0 Å². The Morgan fingerprint density at radius 1 is 0.927 bits per heavy atom. The van der Waals surface area contributed by atoms with Gasteiger partial charge in [-0.1, -0.05) is 67.0 Å². The number of fused-ring (bicyclic) bond motifs is 5. The number of aromatic nitrogens is 2. The van der Waals surface area contributed by atoms with Gasteiger partial charge in [0.25, 0.3) is 0 Å². The van der Waals surface area contributed by atoms with Gasteiger partial charge in [-0.15, -0.1) is 10.2 Å². The molecule has 0 radical (unpaired) electrons. The topological polar surface area (TPSA) is 79.4 Å². The smallest absolute Gasteiger partial charge is 0.247 e.